The molecule has 466 valence electrons. The van der Waals surface area contributed by atoms with E-state index in [2.05, 4.69) is 42.5 Å². The number of carbonyl (C=O) groups is 10. The van der Waals surface area contributed by atoms with E-state index in [0.29, 0.717) is 46.5 Å². The Morgan fingerprint density at radius 1 is 0.558 bits per heavy atom. The number of phenolic OH excluding ortho intramolecular Hbond substituents is 2. The summed E-state index contributed by atoms with van der Waals surface area (Å²) in [4.78, 5) is 133. The number of amides is 9. The number of aliphatic hydroxyl groups is 1. The second kappa shape index (κ2) is 36.9. The van der Waals surface area contributed by atoms with Crippen molar-refractivity contribution in [3.8, 4) is 11.5 Å². The number of aryl methyl sites for hydroxylation is 1. The predicted molar refractivity (Wildman–Crippen MR) is 328 cm³/mol. The minimum absolute atomic E-state index is 0.00496. The minimum atomic E-state index is -1.51. The molecule has 19 N–H and O–H groups in total. The largest absolute Gasteiger partial charge is 0.508 e. The highest BCUT2D eigenvalue weighted by molar-refractivity contribution is 8.76. The van der Waals surface area contributed by atoms with E-state index in [-0.39, 0.29) is 80.9 Å². The molecule has 4 aromatic rings. The highest BCUT2D eigenvalue weighted by Gasteiger charge is 2.33. The van der Waals surface area contributed by atoms with Gasteiger partial charge >= 0.3 is 0 Å². The van der Waals surface area contributed by atoms with Crippen molar-refractivity contribution in [2.45, 2.75) is 126 Å². The molecule has 0 aromatic heterocycles. The summed E-state index contributed by atoms with van der Waals surface area (Å²) in [6.07, 6.45) is -0.483. The van der Waals surface area contributed by atoms with Crippen LogP contribution in [-0.2, 0) is 73.6 Å². The quantitative estimate of drug-likeness (QED) is 0.0160. The lowest BCUT2D eigenvalue weighted by atomic mass is 10.0. The van der Waals surface area contributed by atoms with Crippen LogP contribution in [0.4, 0.5) is 5.69 Å². The van der Waals surface area contributed by atoms with E-state index >= 15 is 0 Å². The van der Waals surface area contributed by atoms with Crippen LogP contribution in [0.3, 0.4) is 0 Å². The molecule has 0 fully saturated rings. The molecule has 4 rings (SSSR count). The Bertz CT molecular complexity index is 2900. The third-order valence-electron chi connectivity index (χ3n) is 13.4. The van der Waals surface area contributed by atoms with E-state index in [1.807, 2.05) is 0 Å². The van der Waals surface area contributed by atoms with Gasteiger partial charge in [-0.25, -0.2) is 0 Å². The number of carbonyl (C=O) groups excluding carboxylic acids is 10. The fourth-order valence-electron chi connectivity index (χ4n) is 8.27. The third-order valence-corrected chi connectivity index (χ3v) is 16.0. The standard InChI is InChI=1S/C58H77ClN12O13S2/c1-33(73)47(30-72)71-54(80)43(5-3-4-26-60)67-55(81)45(28-35-8-17-39(18-9-35)65-53(79)42(61)23-24-50(62)76)69-56(82)46(29-37-12-21-41(75)22-13-37)70-58(84)49(66-51(77)25-14-34-6-15-38(59)16-7-34)32-86-85-31-48(64-2)57(83)68-44(52(63)78)27-36-10-19-40(74)20-11-36/h6-13,15-22,30,33,42-49,64,73-75H,3-5,14,23-29,31-32,60-61H2,1-2H3,(H2,62,76)(H2,63,78)(H,65,79)(H,66,77)(H,67,81)(H,68,83)(H,69,82)(H,70,84)(H,71,80)/t33?,42-,43-,44+,45+,46-,47?,48-,49+/m0/s1. The van der Waals surface area contributed by atoms with Crippen molar-refractivity contribution >= 4 is 98.3 Å². The van der Waals surface area contributed by atoms with Crippen molar-refractivity contribution in [3.05, 3.63) is 124 Å². The van der Waals surface area contributed by atoms with Gasteiger partial charge < -0.3 is 85.6 Å². The Morgan fingerprint density at radius 3 is 1.50 bits per heavy atom. The first-order valence-electron chi connectivity index (χ1n) is 27.6. The summed E-state index contributed by atoms with van der Waals surface area (Å²) in [7, 11) is 3.81. The number of primary amides is 2. The van der Waals surface area contributed by atoms with Crippen molar-refractivity contribution in [1.82, 2.24) is 37.2 Å². The van der Waals surface area contributed by atoms with E-state index in [9.17, 15) is 63.3 Å². The predicted octanol–water partition coefficient (Wildman–Crippen LogP) is 0.0154. The molecule has 28 heteroatoms. The zero-order valence-corrected chi connectivity index (χ0v) is 50.0. The molecule has 9 amide bonds. The zero-order chi connectivity index (χ0) is 63.3. The molecule has 2 unspecified atom stereocenters. The number of anilines is 1. The maximum atomic E-state index is 14.9. The lowest BCUT2D eigenvalue weighted by molar-refractivity contribution is -0.134. The van der Waals surface area contributed by atoms with Gasteiger partial charge in [0.25, 0.3) is 0 Å². The van der Waals surface area contributed by atoms with Crippen LogP contribution in [0.5, 0.6) is 11.5 Å². The first-order chi connectivity index (χ1) is 41.0. The van der Waals surface area contributed by atoms with Crippen LogP contribution < -0.4 is 65.5 Å². The maximum absolute atomic E-state index is 14.9. The highest BCUT2D eigenvalue weighted by atomic mass is 35.5. The van der Waals surface area contributed by atoms with Gasteiger partial charge in [-0.3, -0.25) is 43.2 Å². The van der Waals surface area contributed by atoms with Crippen LogP contribution in [0.2, 0.25) is 5.02 Å². The minimum Gasteiger partial charge on any atom is -0.508 e. The summed E-state index contributed by atoms with van der Waals surface area (Å²) in [6, 6.07) is 14.8. The number of halogens is 1. The van der Waals surface area contributed by atoms with Crippen molar-refractivity contribution in [2.24, 2.45) is 22.9 Å². The van der Waals surface area contributed by atoms with Crippen molar-refractivity contribution in [1.29, 1.82) is 0 Å². The molecule has 0 aliphatic rings. The molecule has 0 bridgehead atoms. The smallest absolute Gasteiger partial charge is 0.244 e. The fourth-order valence-corrected chi connectivity index (χ4v) is 10.8. The lowest BCUT2D eigenvalue weighted by Gasteiger charge is -2.27. The molecule has 4 aromatic carbocycles. The van der Waals surface area contributed by atoms with E-state index in [4.69, 9.17) is 34.5 Å². The molecular formula is C58H77ClN12O13S2. The molecule has 0 saturated heterocycles. The van der Waals surface area contributed by atoms with Crippen LogP contribution >= 0.6 is 33.2 Å². The Labute approximate surface area is 511 Å². The van der Waals surface area contributed by atoms with Crippen LogP contribution in [-0.4, -0.2) is 154 Å². The van der Waals surface area contributed by atoms with Gasteiger partial charge in [0.1, 0.15) is 54.0 Å². The molecule has 0 heterocycles. The zero-order valence-electron chi connectivity index (χ0n) is 47.6. The summed E-state index contributed by atoms with van der Waals surface area (Å²) in [5.74, 6) is -6.65. The average Bonchev–Trinajstić information content (AvgIpc) is 3.48. The highest BCUT2D eigenvalue weighted by Crippen LogP contribution is 2.24. The van der Waals surface area contributed by atoms with Gasteiger partial charge in [0.2, 0.25) is 53.2 Å². The van der Waals surface area contributed by atoms with E-state index in [1.54, 1.807) is 48.5 Å². The topological polar surface area (TPSA) is 432 Å². The number of phenols is 2. The number of benzene rings is 4. The fraction of sp³-hybridized carbons (Fsp3) is 0.414. The van der Waals surface area contributed by atoms with Crippen molar-refractivity contribution < 1.29 is 63.3 Å². The summed E-state index contributed by atoms with van der Waals surface area (Å²) in [5.41, 5.74) is 25.1. The number of aromatic hydroxyl groups is 2. The molecule has 0 radical (unpaired) electrons. The molecule has 0 saturated carbocycles. The van der Waals surface area contributed by atoms with E-state index < -0.39 is 108 Å². The van der Waals surface area contributed by atoms with Gasteiger partial charge in [0.05, 0.1) is 18.2 Å². The first-order valence-corrected chi connectivity index (χ1v) is 30.4. The van der Waals surface area contributed by atoms with E-state index in [1.165, 1.54) is 62.5 Å². The van der Waals surface area contributed by atoms with Gasteiger partial charge in [-0.1, -0.05) is 81.7 Å². The molecule has 86 heavy (non-hydrogen) atoms. The lowest BCUT2D eigenvalue weighted by Crippen LogP contribution is -2.60. The van der Waals surface area contributed by atoms with Gasteiger partial charge in [-0.05, 0) is 123 Å². The molecule has 0 spiro atoms. The number of hydrogen-bond donors (Lipinski definition) is 15. The number of nitrogens with one attached hydrogen (secondary N) is 8. The summed E-state index contributed by atoms with van der Waals surface area (Å²) in [5, 5.41) is 52.1. The normalized spacial score (nSPS) is 14.2. The Hall–Kier alpha value is -7.79. The summed E-state index contributed by atoms with van der Waals surface area (Å²) in [6.45, 7) is 1.55. The van der Waals surface area contributed by atoms with Crippen molar-refractivity contribution in [2.75, 3.05) is 30.4 Å². The van der Waals surface area contributed by atoms with Gasteiger partial charge in [-0.2, -0.15) is 0 Å². The molecule has 0 aliphatic heterocycles. The van der Waals surface area contributed by atoms with Gasteiger partial charge in [-0.15, -0.1) is 0 Å². The Balaban J connectivity index is 1.66. The Morgan fingerprint density at radius 2 is 1.01 bits per heavy atom. The number of aldehydes is 1. The summed E-state index contributed by atoms with van der Waals surface area (Å²) >= 11 is 6.08. The van der Waals surface area contributed by atoms with Crippen molar-refractivity contribution in [3.63, 3.8) is 0 Å². The SMILES string of the molecule is CN[C@@H](CSSC[C@@H](NC(=O)CCc1ccc(Cl)cc1)C(=O)N[C@@H](Cc1ccc(O)cc1)C(=O)N[C@H](Cc1ccc(NC(=O)[C@@H](N)CCC(N)=O)cc1)C(=O)N[C@@H](CCCCN)C(=O)NC(C=O)C(C)O)C(=O)N[C@H](Cc1ccc(O)cc1)C(N)=O. The third kappa shape index (κ3) is 25.4. The molecule has 25 nitrogen and oxygen atoms in total. The molecule has 0 aliphatic carbocycles. The Kier molecular flexibility index (Phi) is 30.3. The maximum Gasteiger partial charge on any atom is 0.244 e. The number of hydrogen-bond acceptors (Lipinski definition) is 18. The number of unbranched alkanes of at least 4 members (excludes halogenated alkanes) is 1. The van der Waals surface area contributed by atoms with Crippen LogP contribution in [0.15, 0.2) is 97.1 Å². The van der Waals surface area contributed by atoms with Crippen LogP contribution in [0.1, 0.15) is 67.7 Å². The number of likely N-dealkylation sites (N-methyl/N-ethyl adjacent to an activating group) is 1. The monoisotopic (exact) mass is 1250 g/mol. The molecular weight excluding hydrogens is 1170 g/mol. The van der Waals surface area contributed by atoms with Gasteiger partial charge in [0, 0.05) is 54.3 Å². The second-order valence-corrected chi connectivity index (χ2v) is 23.2. The number of aliphatic hydroxyl groups excluding tert-OH is 1. The first kappa shape index (κ1) is 70.7. The molecule has 9 atom stereocenters. The van der Waals surface area contributed by atoms with E-state index in [0.717, 1.165) is 27.2 Å². The summed E-state index contributed by atoms with van der Waals surface area (Å²) < 4.78 is 0. The second-order valence-electron chi connectivity index (χ2n) is 20.2. The van der Waals surface area contributed by atoms with Crippen LogP contribution in [0, 0.1) is 0 Å². The number of nitrogens with two attached hydrogens (primary N) is 4. The van der Waals surface area contributed by atoms with Gasteiger partial charge in [0.15, 0.2) is 0 Å². The number of rotatable bonds is 38. The average molecular weight is 1250 g/mol. The van der Waals surface area contributed by atoms with Crippen LogP contribution in [0.25, 0.3) is 0 Å².